The van der Waals surface area contributed by atoms with E-state index in [0.717, 1.165) is 36.9 Å². The summed E-state index contributed by atoms with van der Waals surface area (Å²) in [4.78, 5) is 25.9. The van der Waals surface area contributed by atoms with E-state index in [0.29, 0.717) is 18.5 Å². The van der Waals surface area contributed by atoms with Gasteiger partial charge >= 0.3 is 0 Å². The first-order valence-electron chi connectivity index (χ1n) is 11.1. The molecule has 4 atom stereocenters. The minimum Gasteiger partial charge on any atom is -0.362 e. The molecule has 5 nitrogen and oxygen atoms in total. The fourth-order valence-corrected chi connectivity index (χ4v) is 5.96. The lowest BCUT2D eigenvalue weighted by Gasteiger charge is -2.60. The predicted octanol–water partition coefficient (Wildman–Crippen LogP) is 3.86. The van der Waals surface area contributed by atoms with Crippen molar-refractivity contribution < 1.29 is 14.0 Å². The molecule has 1 aliphatic heterocycles. The Morgan fingerprint density at radius 2 is 1.94 bits per heavy atom. The maximum Gasteiger partial charge on any atom is 0.255 e. The van der Waals surface area contributed by atoms with Gasteiger partial charge in [-0.2, -0.15) is 0 Å². The molecule has 6 heteroatoms. The number of carbonyl (C=O) groups is 2. The number of benzene rings is 2. The zero-order valence-electron chi connectivity index (χ0n) is 17.7. The number of carbonyl (C=O) groups excluding carboxylic acids is 2. The average Bonchev–Trinajstić information content (AvgIpc) is 2.74. The van der Waals surface area contributed by atoms with Crippen molar-refractivity contribution in [2.45, 2.75) is 44.7 Å². The zero-order chi connectivity index (χ0) is 21.6. The van der Waals surface area contributed by atoms with Crippen LogP contribution in [0.1, 0.15) is 48.5 Å². The summed E-state index contributed by atoms with van der Waals surface area (Å²) >= 11 is 0. The third-order valence-electron chi connectivity index (χ3n) is 7.61. The van der Waals surface area contributed by atoms with Crippen molar-refractivity contribution in [1.82, 2.24) is 10.6 Å². The van der Waals surface area contributed by atoms with Crippen molar-refractivity contribution in [3.8, 4) is 0 Å². The van der Waals surface area contributed by atoms with Crippen LogP contribution in [-0.2, 0) is 11.2 Å². The third kappa shape index (κ3) is 3.48. The highest BCUT2D eigenvalue weighted by Gasteiger charge is 2.60. The van der Waals surface area contributed by atoms with Crippen molar-refractivity contribution >= 4 is 17.5 Å². The lowest BCUT2D eigenvalue weighted by atomic mass is 9.51. The molecule has 3 unspecified atom stereocenters. The number of rotatable bonds is 4. The highest BCUT2D eigenvalue weighted by Crippen LogP contribution is 2.58. The number of halogens is 1. The Morgan fingerprint density at radius 3 is 2.71 bits per heavy atom. The molecule has 162 valence electrons. The number of fused-ring (bicyclic) bond motifs is 3. The van der Waals surface area contributed by atoms with Gasteiger partial charge in [-0.3, -0.25) is 9.59 Å². The Bertz CT molecular complexity index is 1020. The van der Waals surface area contributed by atoms with E-state index in [1.807, 2.05) is 24.3 Å². The molecule has 6 rings (SSSR count). The van der Waals surface area contributed by atoms with Gasteiger partial charge in [0.05, 0.1) is 5.56 Å². The summed E-state index contributed by atoms with van der Waals surface area (Å²) < 4.78 is 13.1. The number of nitrogens with one attached hydrogen (secondary N) is 3. The molecule has 3 N–H and O–H groups in total. The Kier molecular flexibility index (Phi) is 4.76. The quantitative estimate of drug-likeness (QED) is 0.702. The van der Waals surface area contributed by atoms with Gasteiger partial charge in [0.25, 0.3) is 5.91 Å². The molecule has 1 spiro atoms. The van der Waals surface area contributed by atoms with Gasteiger partial charge < -0.3 is 16.0 Å². The van der Waals surface area contributed by atoms with E-state index in [9.17, 15) is 14.0 Å². The lowest BCUT2D eigenvalue weighted by molar-refractivity contribution is -0.139. The number of para-hydroxylation sites is 1. The third-order valence-corrected chi connectivity index (χ3v) is 7.61. The summed E-state index contributed by atoms with van der Waals surface area (Å²) in [6.07, 6.45) is 4.15. The van der Waals surface area contributed by atoms with Gasteiger partial charge in [0.15, 0.2) is 0 Å². The molecule has 0 saturated heterocycles. The van der Waals surface area contributed by atoms with Gasteiger partial charge in [0.2, 0.25) is 5.91 Å². The van der Waals surface area contributed by atoms with Gasteiger partial charge in [-0.15, -0.1) is 0 Å². The number of hydrogen-bond donors (Lipinski definition) is 3. The molecule has 2 aromatic rings. The zero-order valence-corrected chi connectivity index (χ0v) is 17.7. The van der Waals surface area contributed by atoms with Crippen LogP contribution < -0.4 is 16.0 Å². The molecule has 3 fully saturated rings. The van der Waals surface area contributed by atoms with Crippen LogP contribution in [0.3, 0.4) is 0 Å². The molecule has 2 aromatic carbocycles. The average molecular weight is 422 g/mol. The first-order valence-corrected chi connectivity index (χ1v) is 11.1. The van der Waals surface area contributed by atoms with Crippen LogP contribution in [0.25, 0.3) is 0 Å². The van der Waals surface area contributed by atoms with E-state index in [2.05, 4.69) is 22.9 Å². The summed E-state index contributed by atoms with van der Waals surface area (Å²) in [5.74, 6) is -0.0585. The highest BCUT2D eigenvalue weighted by molar-refractivity contribution is 6.02. The Morgan fingerprint density at radius 1 is 1.16 bits per heavy atom. The lowest BCUT2D eigenvalue weighted by Crippen LogP contribution is -2.70. The van der Waals surface area contributed by atoms with Crippen molar-refractivity contribution in [3.63, 3.8) is 0 Å². The van der Waals surface area contributed by atoms with Gasteiger partial charge in [0, 0.05) is 24.1 Å². The monoisotopic (exact) mass is 421 g/mol. The van der Waals surface area contributed by atoms with E-state index in [4.69, 9.17) is 0 Å². The van der Waals surface area contributed by atoms with E-state index >= 15 is 0 Å². The van der Waals surface area contributed by atoms with Crippen LogP contribution in [0.2, 0.25) is 0 Å². The van der Waals surface area contributed by atoms with Gasteiger partial charge in [-0.05, 0) is 67.3 Å². The molecule has 0 radical (unpaired) electrons. The molecule has 4 aliphatic rings. The molecule has 0 aromatic heterocycles. The minimum absolute atomic E-state index is 0.0363. The van der Waals surface area contributed by atoms with Crippen LogP contribution >= 0.6 is 0 Å². The van der Waals surface area contributed by atoms with Crippen molar-refractivity contribution in [2.75, 3.05) is 11.9 Å². The summed E-state index contributed by atoms with van der Waals surface area (Å²) in [7, 11) is 0. The van der Waals surface area contributed by atoms with Crippen molar-refractivity contribution in [2.24, 2.45) is 17.3 Å². The summed E-state index contributed by atoms with van der Waals surface area (Å²) in [6.45, 7) is 2.72. The fraction of sp³-hybridized carbons (Fsp3) is 0.440. The topological polar surface area (TPSA) is 70.2 Å². The predicted molar refractivity (Wildman–Crippen MR) is 117 cm³/mol. The Balaban J connectivity index is 1.27. The molecule has 2 bridgehead atoms. The second-order valence-electron chi connectivity index (χ2n) is 9.62. The van der Waals surface area contributed by atoms with Crippen LogP contribution in [0, 0.1) is 23.1 Å². The smallest absolute Gasteiger partial charge is 0.255 e. The minimum atomic E-state index is -0.483. The van der Waals surface area contributed by atoms with E-state index in [-0.39, 0.29) is 34.9 Å². The second-order valence-corrected chi connectivity index (χ2v) is 9.62. The van der Waals surface area contributed by atoms with E-state index < -0.39 is 5.66 Å². The number of hydrogen-bond acceptors (Lipinski definition) is 3. The first-order chi connectivity index (χ1) is 14.9. The first kappa shape index (κ1) is 20.0. The van der Waals surface area contributed by atoms with Crippen molar-refractivity contribution in [3.05, 3.63) is 65.5 Å². The normalized spacial score (nSPS) is 31.0. The highest BCUT2D eigenvalue weighted by atomic mass is 19.1. The largest absolute Gasteiger partial charge is 0.362 e. The second kappa shape index (κ2) is 7.36. The Hall–Kier alpha value is -2.89. The summed E-state index contributed by atoms with van der Waals surface area (Å²) in [5, 5.41) is 10.00. The summed E-state index contributed by atoms with van der Waals surface area (Å²) in [6, 6.07) is 14.0. The molecule has 31 heavy (non-hydrogen) atoms. The van der Waals surface area contributed by atoms with Gasteiger partial charge in [-0.1, -0.05) is 31.2 Å². The molecule has 3 saturated carbocycles. The molecule has 1 heterocycles. The summed E-state index contributed by atoms with van der Waals surface area (Å²) in [5.41, 5.74) is 1.90. The van der Waals surface area contributed by atoms with Gasteiger partial charge in [-0.25, -0.2) is 4.39 Å². The standard InChI is InChI=1S/C25H28FN3O2/c1-24-12-10-17(25(15-24)28-21-5-3-2-4-19(21)22(30)29-25)14-20(24)23(31)27-13-11-16-6-8-18(26)9-7-16/h2-9,17,20,28H,10-15H2,1H3,(H,27,31)(H,29,30)/t17?,20?,24?,25-/m0/s1. The Labute approximate surface area is 181 Å². The van der Waals surface area contributed by atoms with Crippen molar-refractivity contribution in [1.29, 1.82) is 0 Å². The molecule has 3 aliphatic carbocycles. The van der Waals surface area contributed by atoms with Crippen LogP contribution in [0.15, 0.2) is 48.5 Å². The van der Waals surface area contributed by atoms with Gasteiger partial charge in [0.1, 0.15) is 11.5 Å². The van der Waals surface area contributed by atoms with Crippen LogP contribution in [-0.4, -0.2) is 24.0 Å². The SMILES string of the molecule is CC12CCC(CC1C(=O)NCCc1ccc(F)cc1)[C@]1(C2)NC(=O)c2ccccc2N1. The number of amides is 2. The number of anilines is 1. The van der Waals surface area contributed by atoms with E-state index in [1.165, 1.54) is 12.1 Å². The molecule has 2 amide bonds. The van der Waals surface area contributed by atoms with Crippen LogP contribution in [0.5, 0.6) is 0 Å². The fourth-order valence-electron chi connectivity index (χ4n) is 5.96. The molecular formula is C25H28FN3O2. The van der Waals surface area contributed by atoms with Crippen LogP contribution in [0.4, 0.5) is 10.1 Å². The maximum absolute atomic E-state index is 13.1. The maximum atomic E-state index is 13.1. The molecular weight excluding hydrogens is 393 g/mol. The van der Waals surface area contributed by atoms with E-state index in [1.54, 1.807) is 12.1 Å².